The Hall–Kier alpha value is -1.94. The standard InChI is InChI=1S/C15H16F2N2/c1-19(15-4-2-13(16)3-5-15)10-12-6-11(9-18)7-14(17)8-12/h2-8H,9-10,18H2,1H3. The molecule has 0 aromatic heterocycles. The van der Waals surface area contributed by atoms with Crippen molar-refractivity contribution in [3.05, 3.63) is 65.2 Å². The first-order valence-electron chi connectivity index (χ1n) is 6.03. The minimum Gasteiger partial charge on any atom is -0.370 e. The van der Waals surface area contributed by atoms with Gasteiger partial charge in [-0.2, -0.15) is 0 Å². The Kier molecular flexibility index (Phi) is 4.12. The van der Waals surface area contributed by atoms with Crippen LogP contribution < -0.4 is 10.6 Å². The molecule has 0 aliphatic carbocycles. The summed E-state index contributed by atoms with van der Waals surface area (Å²) in [7, 11) is 1.88. The highest BCUT2D eigenvalue weighted by Crippen LogP contribution is 2.17. The summed E-state index contributed by atoms with van der Waals surface area (Å²) in [5, 5.41) is 0. The van der Waals surface area contributed by atoms with Gasteiger partial charge < -0.3 is 10.6 Å². The second kappa shape index (κ2) is 5.80. The topological polar surface area (TPSA) is 29.3 Å². The molecule has 2 nitrogen and oxygen atoms in total. The fourth-order valence-corrected chi connectivity index (χ4v) is 1.99. The molecule has 100 valence electrons. The summed E-state index contributed by atoms with van der Waals surface area (Å²) >= 11 is 0. The van der Waals surface area contributed by atoms with Gasteiger partial charge in [0.05, 0.1) is 0 Å². The van der Waals surface area contributed by atoms with E-state index in [4.69, 9.17) is 5.73 Å². The first kappa shape index (κ1) is 13.5. The van der Waals surface area contributed by atoms with Gasteiger partial charge in [0.2, 0.25) is 0 Å². The van der Waals surface area contributed by atoms with Crippen molar-refractivity contribution in [2.24, 2.45) is 5.73 Å². The molecule has 0 aliphatic rings. The maximum absolute atomic E-state index is 13.4. The van der Waals surface area contributed by atoms with Gasteiger partial charge in [0.1, 0.15) is 11.6 Å². The van der Waals surface area contributed by atoms with E-state index in [0.717, 1.165) is 16.8 Å². The Morgan fingerprint density at radius 2 is 1.58 bits per heavy atom. The molecule has 2 N–H and O–H groups in total. The molecule has 0 heterocycles. The zero-order valence-electron chi connectivity index (χ0n) is 10.7. The minimum atomic E-state index is -0.287. The Morgan fingerprint density at radius 3 is 2.21 bits per heavy atom. The predicted octanol–water partition coefficient (Wildman–Crippen LogP) is 3.06. The van der Waals surface area contributed by atoms with Crippen molar-refractivity contribution in [1.82, 2.24) is 0 Å². The quantitative estimate of drug-likeness (QED) is 0.917. The Balaban J connectivity index is 2.16. The van der Waals surface area contributed by atoms with E-state index in [1.807, 2.05) is 18.0 Å². The van der Waals surface area contributed by atoms with E-state index in [1.165, 1.54) is 24.3 Å². The van der Waals surface area contributed by atoms with Gasteiger partial charge in [0.15, 0.2) is 0 Å². The summed E-state index contributed by atoms with van der Waals surface area (Å²) < 4.78 is 26.2. The minimum absolute atomic E-state index is 0.270. The van der Waals surface area contributed by atoms with Crippen molar-refractivity contribution >= 4 is 5.69 Å². The van der Waals surface area contributed by atoms with Crippen LogP contribution in [0.1, 0.15) is 11.1 Å². The van der Waals surface area contributed by atoms with Crippen molar-refractivity contribution in [2.45, 2.75) is 13.1 Å². The van der Waals surface area contributed by atoms with Gasteiger partial charge in [0, 0.05) is 25.8 Å². The summed E-state index contributed by atoms with van der Waals surface area (Å²) in [6.45, 7) is 0.849. The normalized spacial score (nSPS) is 10.5. The van der Waals surface area contributed by atoms with Gasteiger partial charge >= 0.3 is 0 Å². The van der Waals surface area contributed by atoms with Gasteiger partial charge in [-0.3, -0.25) is 0 Å². The van der Waals surface area contributed by atoms with Crippen LogP contribution in [0.3, 0.4) is 0 Å². The third kappa shape index (κ3) is 3.51. The lowest BCUT2D eigenvalue weighted by atomic mass is 10.1. The van der Waals surface area contributed by atoms with Crippen molar-refractivity contribution in [3.8, 4) is 0 Å². The number of hydrogen-bond donors (Lipinski definition) is 1. The lowest BCUT2D eigenvalue weighted by Gasteiger charge is -2.19. The van der Waals surface area contributed by atoms with Gasteiger partial charge in [0.25, 0.3) is 0 Å². The van der Waals surface area contributed by atoms with Crippen molar-refractivity contribution in [2.75, 3.05) is 11.9 Å². The van der Waals surface area contributed by atoms with E-state index < -0.39 is 0 Å². The fourth-order valence-electron chi connectivity index (χ4n) is 1.99. The second-order valence-electron chi connectivity index (χ2n) is 4.50. The smallest absolute Gasteiger partial charge is 0.123 e. The summed E-state index contributed by atoms with van der Waals surface area (Å²) in [5.74, 6) is -0.557. The van der Waals surface area contributed by atoms with Crippen LogP contribution in [-0.4, -0.2) is 7.05 Å². The average Bonchev–Trinajstić information content (AvgIpc) is 2.38. The highest BCUT2D eigenvalue weighted by Gasteiger charge is 2.05. The predicted molar refractivity (Wildman–Crippen MR) is 72.8 cm³/mol. The van der Waals surface area contributed by atoms with Gasteiger partial charge in [-0.1, -0.05) is 6.07 Å². The third-order valence-corrected chi connectivity index (χ3v) is 2.94. The number of anilines is 1. The van der Waals surface area contributed by atoms with Crippen molar-refractivity contribution in [1.29, 1.82) is 0 Å². The Bertz CT molecular complexity index is 553. The van der Waals surface area contributed by atoms with Crippen LogP contribution in [0.5, 0.6) is 0 Å². The summed E-state index contributed by atoms with van der Waals surface area (Å²) in [5.41, 5.74) is 8.01. The third-order valence-electron chi connectivity index (χ3n) is 2.94. The molecule has 0 unspecified atom stereocenters. The molecule has 0 spiro atoms. The molecule has 2 aromatic rings. The number of hydrogen-bond acceptors (Lipinski definition) is 2. The summed E-state index contributed by atoms with van der Waals surface area (Å²) in [6.07, 6.45) is 0. The molecule has 0 saturated heterocycles. The molecular formula is C15H16F2N2. The zero-order valence-corrected chi connectivity index (χ0v) is 10.7. The van der Waals surface area contributed by atoms with Crippen LogP contribution in [0, 0.1) is 11.6 Å². The molecule has 0 bridgehead atoms. The number of halogens is 2. The lowest BCUT2D eigenvalue weighted by molar-refractivity contribution is 0.622. The van der Waals surface area contributed by atoms with Crippen LogP contribution in [0.2, 0.25) is 0 Å². The Labute approximate surface area is 111 Å². The van der Waals surface area contributed by atoms with Crippen LogP contribution in [0.25, 0.3) is 0 Å². The Morgan fingerprint density at radius 1 is 0.947 bits per heavy atom. The maximum atomic E-state index is 13.4. The molecule has 0 aliphatic heterocycles. The van der Waals surface area contributed by atoms with E-state index in [-0.39, 0.29) is 11.6 Å². The van der Waals surface area contributed by atoms with Crippen LogP contribution in [0.15, 0.2) is 42.5 Å². The molecule has 4 heteroatoms. The van der Waals surface area contributed by atoms with Crippen LogP contribution in [0.4, 0.5) is 14.5 Å². The number of rotatable bonds is 4. The number of nitrogens with two attached hydrogens (primary N) is 1. The van der Waals surface area contributed by atoms with E-state index >= 15 is 0 Å². The molecule has 2 rings (SSSR count). The van der Waals surface area contributed by atoms with Gasteiger partial charge in [-0.05, 0) is 47.5 Å². The van der Waals surface area contributed by atoms with Crippen molar-refractivity contribution < 1.29 is 8.78 Å². The number of nitrogens with zero attached hydrogens (tertiary/aromatic N) is 1. The van der Waals surface area contributed by atoms with Crippen LogP contribution >= 0.6 is 0 Å². The highest BCUT2D eigenvalue weighted by atomic mass is 19.1. The molecule has 0 radical (unpaired) electrons. The molecule has 19 heavy (non-hydrogen) atoms. The molecule has 0 fully saturated rings. The first-order chi connectivity index (χ1) is 9.08. The monoisotopic (exact) mass is 262 g/mol. The second-order valence-corrected chi connectivity index (χ2v) is 4.50. The summed E-state index contributed by atoms with van der Waals surface area (Å²) in [4.78, 5) is 1.93. The van der Waals surface area contributed by atoms with Gasteiger partial charge in [-0.25, -0.2) is 8.78 Å². The first-order valence-corrected chi connectivity index (χ1v) is 6.03. The van der Waals surface area contributed by atoms with E-state index in [0.29, 0.717) is 13.1 Å². The zero-order chi connectivity index (χ0) is 13.8. The van der Waals surface area contributed by atoms with Crippen molar-refractivity contribution in [3.63, 3.8) is 0 Å². The average molecular weight is 262 g/mol. The lowest BCUT2D eigenvalue weighted by Crippen LogP contribution is -2.16. The fraction of sp³-hybridized carbons (Fsp3) is 0.200. The molecule has 0 atom stereocenters. The van der Waals surface area contributed by atoms with E-state index in [1.54, 1.807) is 12.1 Å². The highest BCUT2D eigenvalue weighted by molar-refractivity contribution is 5.46. The SMILES string of the molecule is CN(Cc1cc(F)cc(CN)c1)c1ccc(F)cc1. The molecular weight excluding hydrogens is 246 g/mol. The summed E-state index contributed by atoms with van der Waals surface area (Å²) in [6, 6.07) is 11.0. The van der Waals surface area contributed by atoms with E-state index in [9.17, 15) is 8.78 Å². The maximum Gasteiger partial charge on any atom is 0.123 e. The van der Waals surface area contributed by atoms with E-state index in [2.05, 4.69) is 0 Å². The molecule has 0 amide bonds. The number of benzene rings is 2. The molecule has 0 saturated carbocycles. The van der Waals surface area contributed by atoms with Crippen LogP contribution in [-0.2, 0) is 13.1 Å². The largest absolute Gasteiger partial charge is 0.370 e. The molecule has 2 aromatic carbocycles. The van der Waals surface area contributed by atoms with Gasteiger partial charge in [-0.15, -0.1) is 0 Å².